The number of thiazole rings is 1. The lowest BCUT2D eigenvalue weighted by molar-refractivity contribution is -0.111. The quantitative estimate of drug-likeness (QED) is 0.704. The predicted octanol–water partition coefficient (Wildman–Crippen LogP) is 4.70. The molecule has 8 heteroatoms. The number of aromatic nitrogens is 1. The maximum Gasteiger partial charge on any atom is 0.257 e. The van der Waals surface area contributed by atoms with Gasteiger partial charge in [0.05, 0.1) is 6.20 Å². The van der Waals surface area contributed by atoms with Crippen LogP contribution in [0.4, 0.5) is 5.13 Å². The van der Waals surface area contributed by atoms with Crippen molar-refractivity contribution in [1.29, 1.82) is 0 Å². The number of amides is 1. The Morgan fingerprint density at radius 3 is 2.58 bits per heavy atom. The highest BCUT2D eigenvalue weighted by Crippen LogP contribution is 2.29. The Hall–Kier alpha value is -1.15. The van der Waals surface area contributed by atoms with Crippen molar-refractivity contribution in [3.63, 3.8) is 0 Å². The molecule has 1 aromatic heterocycles. The molecule has 0 saturated carbocycles. The Morgan fingerprint density at radius 1 is 1.31 bits per heavy atom. The molecule has 1 atom stereocenters. The number of nitrogens with one attached hydrogen (secondary N) is 1. The molecule has 1 aliphatic heterocycles. The standard InChI is InChI=1S/C18H19ClN2O2S3/c1-26(23)14-4-2-13(3-5-14)15(10-12-6-8-24-9-7-12)17(22)21-18-20-11-16(19)25-18/h2-5,10-12H,6-9H2,1H3,(H,20,21,22). The third-order valence-electron chi connectivity index (χ3n) is 4.11. The highest BCUT2D eigenvalue weighted by molar-refractivity contribution is 7.99. The van der Waals surface area contributed by atoms with Crippen molar-refractivity contribution in [2.75, 3.05) is 23.1 Å². The number of hydrogen-bond donors (Lipinski definition) is 1. The molecule has 0 radical (unpaired) electrons. The summed E-state index contributed by atoms with van der Waals surface area (Å²) in [5.41, 5.74) is 1.44. The van der Waals surface area contributed by atoms with Crippen molar-refractivity contribution in [3.8, 4) is 0 Å². The fraction of sp³-hybridized carbons (Fsp3) is 0.333. The molecule has 1 unspecified atom stereocenters. The van der Waals surface area contributed by atoms with Gasteiger partial charge in [-0.05, 0) is 48.0 Å². The van der Waals surface area contributed by atoms with Crippen molar-refractivity contribution < 1.29 is 9.00 Å². The fourth-order valence-corrected chi connectivity index (χ4v) is 5.19. The van der Waals surface area contributed by atoms with Crippen LogP contribution in [0, 0.1) is 5.92 Å². The summed E-state index contributed by atoms with van der Waals surface area (Å²) in [5.74, 6) is 2.43. The summed E-state index contributed by atoms with van der Waals surface area (Å²) >= 11 is 9.09. The molecule has 4 nitrogen and oxygen atoms in total. The average molecular weight is 427 g/mol. The van der Waals surface area contributed by atoms with Gasteiger partial charge >= 0.3 is 0 Å². The van der Waals surface area contributed by atoms with E-state index in [1.54, 1.807) is 6.26 Å². The number of nitrogens with zero attached hydrogens (tertiary/aromatic N) is 1. The van der Waals surface area contributed by atoms with Crippen LogP contribution < -0.4 is 5.32 Å². The minimum atomic E-state index is -1.04. The highest BCUT2D eigenvalue weighted by atomic mass is 35.5. The Morgan fingerprint density at radius 2 is 2.00 bits per heavy atom. The topological polar surface area (TPSA) is 59.1 Å². The van der Waals surface area contributed by atoms with Gasteiger partial charge in [0.1, 0.15) is 4.34 Å². The SMILES string of the molecule is CS(=O)c1ccc(C(=CC2CCSCC2)C(=O)Nc2ncc(Cl)s2)cc1. The smallest absolute Gasteiger partial charge is 0.257 e. The first-order valence-corrected chi connectivity index (χ1v) is 12.1. The molecule has 26 heavy (non-hydrogen) atoms. The van der Waals surface area contributed by atoms with E-state index >= 15 is 0 Å². The molecule has 2 heterocycles. The molecule has 138 valence electrons. The van der Waals surface area contributed by atoms with E-state index in [1.807, 2.05) is 36.0 Å². The summed E-state index contributed by atoms with van der Waals surface area (Å²) in [4.78, 5) is 17.7. The van der Waals surface area contributed by atoms with Gasteiger partial charge in [0, 0.05) is 27.5 Å². The lowest BCUT2D eigenvalue weighted by atomic mass is 9.95. The zero-order chi connectivity index (χ0) is 18.5. The summed E-state index contributed by atoms with van der Waals surface area (Å²) in [5, 5.41) is 3.32. The number of rotatable bonds is 5. The predicted molar refractivity (Wildman–Crippen MR) is 113 cm³/mol. The highest BCUT2D eigenvalue weighted by Gasteiger charge is 2.19. The molecule has 1 amide bonds. The van der Waals surface area contributed by atoms with Crippen LogP contribution in [0.3, 0.4) is 0 Å². The van der Waals surface area contributed by atoms with Gasteiger partial charge in [-0.3, -0.25) is 14.3 Å². The maximum absolute atomic E-state index is 12.9. The minimum Gasteiger partial charge on any atom is -0.298 e. The molecular weight excluding hydrogens is 408 g/mol. The molecule has 1 N–H and O–H groups in total. The van der Waals surface area contributed by atoms with E-state index in [9.17, 15) is 9.00 Å². The molecular formula is C18H19ClN2O2S3. The molecule has 1 fully saturated rings. The van der Waals surface area contributed by atoms with Crippen LogP contribution >= 0.6 is 34.7 Å². The van der Waals surface area contributed by atoms with Gasteiger partial charge in [-0.1, -0.05) is 41.1 Å². The lowest BCUT2D eigenvalue weighted by Crippen LogP contribution is -2.16. The van der Waals surface area contributed by atoms with Crippen molar-refractivity contribution >= 4 is 62.1 Å². The van der Waals surface area contributed by atoms with Crippen LogP contribution in [0.1, 0.15) is 18.4 Å². The molecule has 1 saturated heterocycles. The molecule has 1 aliphatic rings. The summed E-state index contributed by atoms with van der Waals surface area (Å²) in [6.45, 7) is 0. The van der Waals surface area contributed by atoms with Crippen LogP contribution in [-0.2, 0) is 15.6 Å². The second-order valence-corrected chi connectivity index (χ2v) is 10.2. The van der Waals surface area contributed by atoms with Gasteiger partial charge in [0.25, 0.3) is 5.91 Å². The number of halogens is 1. The van der Waals surface area contributed by atoms with Gasteiger partial charge in [0.2, 0.25) is 0 Å². The van der Waals surface area contributed by atoms with E-state index in [1.165, 1.54) is 17.5 Å². The number of thioether (sulfide) groups is 1. The van der Waals surface area contributed by atoms with Crippen molar-refractivity contribution in [3.05, 3.63) is 46.4 Å². The molecule has 2 aromatic rings. The maximum atomic E-state index is 12.9. The molecule has 3 rings (SSSR count). The van der Waals surface area contributed by atoms with Gasteiger partial charge < -0.3 is 0 Å². The third kappa shape index (κ3) is 5.19. The van der Waals surface area contributed by atoms with E-state index in [4.69, 9.17) is 11.6 Å². The van der Waals surface area contributed by atoms with Gasteiger partial charge in [-0.2, -0.15) is 11.8 Å². The van der Waals surface area contributed by atoms with Crippen molar-refractivity contribution in [1.82, 2.24) is 4.98 Å². The summed E-state index contributed by atoms with van der Waals surface area (Å²) in [6, 6.07) is 7.33. The van der Waals surface area contributed by atoms with Crippen LogP contribution in [0.5, 0.6) is 0 Å². The minimum absolute atomic E-state index is 0.195. The summed E-state index contributed by atoms with van der Waals surface area (Å²) in [6.07, 6.45) is 7.38. The molecule has 0 spiro atoms. The second kappa shape index (κ2) is 9.17. The number of carbonyl (C=O) groups excluding carboxylic acids is 1. The van der Waals surface area contributed by atoms with Gasteiger partial charge in [0.15, 0.2) is 5.13 Å². The first kappa shape index (κ1) is 19.6. The first-order chi connectivity index (χ1) is 12.5. The number of hydrogen-bond acceptors (Lipinski definition) is 5. The lowest BCUT2D eigenvalue weighted by Gasteiger charge is -2.19. The van der Waals surface area contributed by atoms with Crippen LogP contribution in [0.15, 0.2) is 41.4 Å². The zero-order valence-electron chi connectivity index (χ0n) is 14.2. The monoisotopic (exact) mass is 426 g/mol. The number of anilines is 1. The van der Waals surface area contributed by atoms with E-state index in [0.717, 1.165) is 34.8 Å². The Labute approximate surface area is 168 Å². The van der Waals surface area contributed by atoms with Crippen LogP contribution in [0.25, 0.3) is 5.57 Å². The second-order valence-electron chi connectivity index (χ2n) is 5.93. The molecule has 0 bridgehead atoms. The summed E-state index contributed by atoms with van der Waals surface area (Å²) < 4.78 is 12.1. The molecule has 1 aromatic carbocycles. The van der Waals surface area contributed by atoms with Crippen molar-refractivity contribution in [2.24, 2.45) is 5.92 Å². The van der Waals surface area contributed by atoms with Crippen LogP contribution in [-0.4, -0.2) is 32.9 Å². The fourth-order valence-electron chi connectivity index (χ4n) is 2.72. The van der Waals surface area contributed by atoms with E-state index in [2.05, 4.69) is 16.4 Å². The van der Waals surface area contributed by atoms with Gasteiger partial charge in [-0.25, -0.2) is 4.98 Å². The largest absolute Gasteiger partial charge is 0.298 e. The third-order valence-corrected chi connectivity index (χ3v) is 7.12. The number of benzene rings is 1. The van der Waals surface area contributed by atoms with Gasteiger partial charge in [-0.15, -0.1) is 0 Å². The Kier molecular flexibility index (Phi) is 6.92. The van der Waals surface area contributed by atoms with E-state index in [-0.39, 0.29) is 5.91 Å². The first-order valence-electron chi connectivity index (χ1n) is 8.19. The van der Waals surface area contributed by atoms with E-state index in [0.29, 0.717) is 21.0 Å². The Bertz CT molecular complexity index is 827. The van der Waals surface area contributed by atoms with E-state index < -0.39 is 10.8 Å². The molecule has 0 aliphatic carbocycles. The summed E-state index contributed by atoms with van der Waals surface area (Å²) in [7, 11) is -1.04. The van der Waals surface area contributed by atoms with Crippen molar-refractivity contribution in [2.45, 2.75) is 17.7 Å². The zero-order valence-corrected chi connectivity index (χ0v) is 17.4. The normalized spacial score (nSPS) is 17.1. The number of allylic oxidation sites excluding steroid dienone is 1. The van der Waals surface area contributed by atoms with Crippen LogP contribution in [0.2, 0.25) is 4.34 Å². The average Bonchev–Trinajstić information content (AvgIpc) is 3.05. The number of carbonyl (C=O) groups is 1. The Balaban J connectivity index is 1.88.